The molecule has 27 heavy (non-hydrogen) atoms. The minimum atomic E-state index is 0. The van der Waals surface area contributed by atoms with Gasteiger partial charge in [-0.25, -0.2) is 0 Å². The van der Waals surface area contributed by atoms with E-state index in [1.165, 1.54) is 0 Å². The van der Waals surface area contributed by atoms with Crippen molar-refractivity contribution in [1.82, 2.24) is 15.4 Å². The average molecular weight is 392 g/mol. The van der Waals surface area contributed by atoms with Crippen molar-refractivity contribution in [2.24, 2.45) is 5.92 Å². The van der Waals surface area contributed by atoms with Gasteiger partial charge in [-0.15, -0.1) is 12.4 Å². The maximum Gasteiger partial charge on any atom is 0.226 e. The Kier molecular flexibility index (Phi) is 8.82. The van der Waals surface area contributed by atoms with Crippen molar-refractivity contribution in [3.05, 3.63) is 42.2 Å². The predicted molar refractivity (Wildman–Crippen MR) is 110 cm³/mol. The number of hydrogen-bond acceptors (Lipinski definition) is 4. The Morgan fingerprint density at radius 3 is 2.81 bits per heavy atom. The number of piperidine rings is 1. The first-order valence-corrected chi connectivity index (χ1v) is 9.71. The summed E-state index contributed by atoms with van der Waals surface area (Å²) in [6, 6.07) is 12.1. The number of carbonyl (C=O) groups excluding carboxylic acids is 1. The number of nitrogens with one attached hydrogen (secondary N) is 1. The lowest BCUT2D eigenvalue weighted by Gasteiger charge is -2.27. The van der Waals surface area contributed by atoms with Crippen LogP contribution in [-0.2, 0) is 11.2 Å². The summed E-state index contributed by atoms with van der Waals surface area (Å²) in [4.78, 5) is 14.3. The molecule has 0 aliphatic carbocycles. The summed E-state index contributed by atoms with van der Waals surface area (Å²) in [6.07, 6.45) is 6.18. The second-order valence-electron chi connectivity index (χ2n) is 7.16. The van der Waals surface area contributed by atoms with Crippen LogP contribution in [0.15, 0.2) is 40.9 Å². The van der Waals surface area contributed by atoms with Gasteiger partial charge in [0.05, 0.1) is 5.92 Å². The van der Waals surface area contributed by atoms with Crippen molar-refractivity contribution < 1.29 is 9.32 Å². The van der Waals surface area contributed by atoms with E-state index in [1.807, 2.05) is 48.3 Å². The minimum absolute atomic E-state index is 0. The van der Waals surface area contributed by atoms with Crippen LogP contribution in [0.4, 0.5) is 0 Å². The number of unbranched alkanes of at least 4 members (excludes halogenated alkanes) is 2. The number of nitrogens with zero attached hydrogens (tertiary/aromatic N) is 2. The minimum Gasteiger partial charge on any atom is -0.361 e. The van der Waals surface area contributed by atoms with Gasteiger partial charge in [0.1, 0.15) is 11.5 Å². The summed E-state index contributed by atoms with van der Waals surface area (Å²) in [5.74, 6) is 1.39. The van der Waals surface area contributed by atoms with Crippen molar-refractivity contribution in [2.75, 3.05) is 26.7 Å². The molecule has 1 aliphatic heterocycles. The van der Waals surface area contributed by atoms with Crippen molar-refractivity contribution in [2.45, 2.75) is 38.5 Å². The normalized spacial score (nSPS) is 16.6. The lowest BCUT2D eigenvalue weighted by Crippen LogP contribution is -2.41. The smallest absolute Gasteiger partial charge is 0.226 e. The zero-order valence-electron chi connectivity index (χ0n) is 16.0. The quantitative estimate of drug-likeness (QED) is 0.692. The maximum absolute atomic E-state index is 12.4. The number of rotatable bonds is 8. The second-order valence-corrected chi connectivity index (χ2v) is 7.16. The van der Waals surface area contributed by atoms with Gasteiger partial charge in [-0.1, -0.05) is 41.9 Å². The van der Waals surface area contributed by atoms with Crippen LogP contribution in [-0.4, -0.2) is 42.6 Å². The van der Waals surface area contributed by atoms with E-state index in [0.29, 0.717) is 5.91 Å². The topological polar surface area (TPSA) is 58.4 Å². The molecule has 1 unspecified atom stereocenters. The van der Waals surface area contributed by atoms with Gasteiger partial charge < -0.3 is 14.7 Å². The van der Waals surface area contributed by atoms with Gasteiger partial charge in [-0.2, -0.15) is 0 Å². The molecule has 6 heteroatoms. The molecule has 1 aromatic carbocycles. The third-order valence-electron chi connectivity index (χ3n) is 5.07. The molecule has 1 N–H and O–H groups in total. The molecule has 0 saturated carbocycles. The zero-order valence-corrected chi connectivity index (χ0v) is 16.8. The Bertz CT molecular complexity index is 684. The van der Waals surface area contributed by atoms with E-state index in [0.717, 1.165) is 75.2 Å². The molecule has 2 aromatic rings. The molecule has 0 bridgehead atoms. The number of aryl methyl sites for hydroxylation is 1. The highest BCUT2D eigenvalue weighted by Crippen LogP contribution is 2.20. The van der Waals surface area contributed by atoms with Crippen LogP contribution >= 0.6 is 12.4 Å². The first-order valence-electron chi connectivity index (χ1n) is 9.71. The van der Waals surface area contributed by atoms with Crippen LogP contribution in [0, 0.1) is 5.92 Å². The number of benzene rings is 1. The van der Waals surface area contributed by atoms with E-state index >= 15 is 0 Å². The first-order chi connectivity index (χ1) is 12.7. The Morgan fingerprint density at radius 2 is 2.07 bits per heavy atom. The largest absolute Gasteiger partial charge is 0.361 e. The number of halogens is 1. The Morgan fingerprint density at radius 1 is 1.26 bits per heavy atom. The second kappa shape index (κ2) is 11.1. The summed E-state index contributed by atoms with van der Waals surface area (Å²) in [5, 5.41) is 7.47. The monoisotopic (exact) mass is 391 g/mol. The number of aromatic nitrogens is 1. The number of carbonyl (C=O) groups is 1. The molecule has 0 spiro atoms. The molecule has 148 valence electrons. The highest BCUT2D eigenvalue weighted by Gasteiger charge is 2.23. The van der Waals surface area contributed by atoms with E-state index in [4.69, 9.17) is 4.52 Å². The molecule has 0 radical (unpaired) electrons. The lowest BCUT2D eigenvalue weighted by molar-refractivity contribution is -0.134. The van der Waals surface area contributed by atoms with Crippen molar-refractivity contribution >= 4 is 18.3 Å². The molecular weight excluding hydrogens is 362 g/mol. The van der Waals surface area contributed by atoms with Gasteiger partial charge >= 0.3 is 0 Å². The molecule has 3 rings (SSSR count). The third kappa shape index (κ3) is 6.36. The average Bonchev–Trinajstić information content (AvgIpc) is 3.17. The summed E-state index contributed by atoms with van der Waals surface area (Å²) in [7, 11) is 1.93. The molecular formula is C21H30ClN3O2. The Hall–Kier alpha value is -1.85. The van der Waals surface area contributed by atoms with Gasteiger partial charge in [0.25, 0.3) is 0 Å². The van der Waals surface area contributed by atoms with Gasteiger partial charge in [0.15, 0.2) is 0 Å². The summed E-state index contributed by atoms with van der Waals surface area (Å²) in [6.45, 7) is 2.71. The number of hydrogen-bond donors (Lipinski definition) is 1. The van der Waals surface area contributed by atoms with E-state index in [-0.39, 0.29) is 18.3 Å². The molecule has 2 heterocycles. The summed E-state index contributed by atoms with van der Waals surface area (Å²) >= 11 is 0. The van der Waals surface area contributed by atoms with Crippen molar-refractivity contribution in [3.63, 3.8) is 0 Å². The van der Waals surface area contributed by atoms with Crippen LogP contribution in [0.2, 0.25) is 0 Å². The standard InChI is InChI=1S/C21H29N3O2.ClH/c1-24(21(25)18-11-8-13-22-16-18)14-7-3-6-12-19-15-20(23-26-19)17-9-4-2-5-10-17;/h2,4-5,9-10,15,18,22H,3,6-8,11-14,16H2,1H3;1H. The fourth-order valence-corrected chi connectivity index (χ4v) is 3.49. The van der Waals surface area contributed by atoms with Gasteiger partial charge in [-0.3, -0.25) is 4.79 Å². The number of amides is 1. The van der Waals surface area contributed by atoms with E-state index in [1.54, 1.807) is 0 Å². The predicted octanol–water partition coefficient (Wildman–Crippen LogP) is 3.93. The van der Waals surface area contributed by atoms with E-state index in [2.05, 4.69) is 10.5 Å². The molecule has 1 atom stereocenters. The van der Waals surface area contributed by atoms with Gasteiger partial charge in [0, 0.05) is 38.2 Å². The molecule has 1 aromatic heterocycles. The van der Waals surface area contributed by atoms with Crippen LogP contribution in [0.25, 0.3) is 11.3 Å². The Balaban J connectivity index is 0.00000261. The third-order valence-corrected chi connectivity index (χ3v) is 5.07. The van der Waals surface area contributed by atoms with E-state index in [9.17, 15) is 4.79 Å². The molecule has 1 saturated heterocycles. The first kappa shape index (κ1) is 21.5. The highest BCUT2D eigenvalue weighted by molar-refractivity contribution is 5.85. The zero-order chi connectivity index (χ0) is 18.2. The molecule has 1 amide bonds. The van der Waals surface area contributed by atoms with E-state index < -0.39 is 0 Å². The highest BCUT2D eigenvalue weighted by atomic mass is 35.5. The van der Waals surface area contributed by atoms with Crippen LogP contribution in [0.1, 0.15) is 37.9 Å². The lowest BCUT2D eigenvalue weighted by atomic mass is 9.98. The SMILES string of the molecule is CN(CCCCCc1cc(-c2ccccc2)no1)C(=O)C1CCCNC1.Cl. The summed E-state index contributed by atoms with van der Waals surface area (Å²) < 4.78 is 5.44. The van der Waals surface area contributed by atoms with Crippen LogP contribution < -0.4 is 5.32 Å². The van der Waals surface area contributed by atoms with Crippen LogP contribution in [0.3, 0.4) is 0 Å². The Labute approximate surface area is 167 Å². The van der Waals surface area contributed by atoms with Gasteiger partial charge in [-0.05, 0) is 32.2 Å². The summed E-state index contributed by atoms with van der Waals surface area (Å²) in [5.41, 5.74) is 1.98. The van der Waals surface area contributed by atoms with Crippen LogP contribution in [0.5, 0.6) is 0 Å². The fourth-order valence-electron chi connectivity index (χ4n) is 3.49. The maximum atomic E-state index is 12.4. The van der Waals surface area contributed by atoms with Gasteiger partial charge in [0.2, 0.25) is 5.91 Å². The van der Waals surface area contributed by atoms with Crippen molar-refractivity contribution in [1.29, 1.82) is 0 Å². The van der Waals surface area contributed by atoms with Crippen molar-refractivity contribution in [3.8, 4) is 11.3 Å². The molecule has 1 fully saturated rings. The fraction of sp³-hybridized carbons (Fsp3) is 0.524. The molecule has 1 aliphatic rings. The molecule has 5 nitrogen and oxygen atoms in total.